The maximum Gasteiger partial charge on any atom is 0.466 e. The fourth-order valence-corrected chi connectivity index (χ4v) is 0. The maximum atomic E-state index is 8.88. The minimum atomic E-state index is -4.64. The third kappa shape index (κ3) is 132. The van der Waals surface area contributed by atoms with Gasteiger partial charge in [0.1, 0.15) is 0 Å². The van der Waals surface area contributed by atoms with E-state index in [4.69, 9.17) is 19.2 Å². The van der Waals surface area contributed by atoms with Crippen molar-refractivity contribution in [3.05, 3.63) is 0 Å². The summed E-state index contributed by atoms with van der Waals surface area (Å²) in [5.41, 5.74) is 2.37. The molecule has 0 saturated carbocycles. The largest absolute Gasteiger partial charge is 0.466 e. The summed E-state index contributed by atoms with van der Waals surface area (Å²) >= 11 is 0.111. The normalized spacial score (nSPS) is 9.00. The molecule has 4 nitrogen and oxygen atoms in total. The topological polar surface area (TPSA) is 77.8 Å². The Morgan fingerprint density at radius 3 is 1.56 bits per heavy atom. The Labute approximate surface area is 62.1 Å². The van der Waals surface area contributed by atoms with Crippen LogP contribution in [-0.4, -0.2) is 14.7 Å². The fraction of sp³-hybridized carbons (Fsp3) is 1.00. The Bertz CT molecular complexity index is 79.5. The van der Waals surface area contributed by atoms with Crippen LogP contribution in [0.25, 0.3) is 0 Å². The molecule has 0 aromatic carbocycles. The van der Waals surface area contributed by atoms with Crippen LogP contribution in [0, 0.1) is 0 Å². The molecule has 0 fully saturated rings. The Hall–Kier alpha value is 0.733. The molecule has 0 aliphatic heterocycles. The van der Waals surface area contributed by atoms with E-state index in [9.17, 15) is 0 Å². The van der Waals surface area contributed by atoms with E-state index in [2.05, 4.69) is 12.4 Å². The first-order valence-electron chi connectivity index (χ1n) is 2.70. The predicted molar refractivity (Wildman–Crippen MR) is 30.6 cm³/mol. The van der Waals surface area contributed by atoms with Crippen LogP contribution in [0.3, 0.4) is 0 Å². The first-order chi connectivity index (χ1) is 3.91. The molecule has 0 aromatic heterocycles. The molecule has 0 aliphatic carbocycles. The zero-order valence-corrected chi connectivity index (χ0v) is 9.47. The number of phosphoric acid groups is 1. The molecule has 0 amide bonds. The molecule has 0 heterocycles. The van der Waals surface area contributed by atoms with Crippen molar-refractivity contribution in [3.8, 4) is 0 Å². The summed E-state index contributed by atoms with van der Waals surface area (Å²) < 4.78 is 8.88. The summed E-state index contributed by atoms with van der Waals surface area (Å²) in [5.74, 6) is 0. The van der Waals surface area contributed by atoms with Crippen LogP contribution < -0.4 is 0 Å². The average Bonchev–Trinajstić information content (AvgIpc) is 1.61. The summed E-state index contributed by atoms with van der Waals surface area (Å²) in [7, 11) is -4.64. The van der Waals surface area contributed by atoms with Crippen molar-refractivity contribution in [2.24, 2.45) is 0 Å². The molecule has 0 aromatic rings. The summed E-state index contributed by atoms with van der Waals surface area (Å²) in [6.07, 6.45) is 0. The summed E-state index contributed by atoms with van der Waals surface area (Å²) in [6, 6.07) is 0. The molecule has 0 spiro atoms. The van der Waals surface area contributed by atoms with Gasteiger partial charge in [0.2, 0.25) is 0 Å². The SMILES string of the molecule is C[CH2][Zn][CH3].O=P(O)(O)O. The molecule has 0 atom stereocenters. The summed E-state index contributed by atoms with van der Waals surface area (Å²) in [5, 5.41) is 1.51. The molecule has 0 rings (SSSR count). The number of hydrogen-bond donors (Lipinski definition) is 3. The second-order valence-corrected chi connectivity index (χ2v) is 6.74. The fourth-order valence-electron chi connectivity index (χ4n) is 0. The summed E-state index contributed by atoms with van der Waals surface area (Å²) in [4.78, 5) is 21.6. The predicted octanol–water partition coefficient (Wildman–Crippen LogP) is 0.627. The van der Waals surface area contributed by atoms with Crippen molar-refractivity contribution in [1.82, 2.24) is 0 Å². The molecule has 0 radical (unpaired) electrons. The van der Waals surface area contributed by atoms with E-state index in [0.717, 1.165) is 0 Å². The van der Waals surface area contributed by atoms with Crippen molar-refractivity contribution in [2.75, 3.05) is 0 Å². The van der Waals surface area contributed by atoms with Crippen molar-refractivity contribution in [1.29, 1.82) is 0 Å². The van der Waals surface area contributed by atoms with E-state index < -0.39 is 7.82 Å². The third-order valence-electron chi connectivity index (χ3n) is 0.500. The Morgan fingerprint density at radius 1 is 1.44 bits per heavy atom. The van der Waals surface area contributed by atoms with Gasteiger partial charge in [-0.15, -0.1) is 0 Å². The summed E-state index contributed by atoms with van der Waals surface area (Å²) in [6.45, 7) is 2.26. The van der Waals surface area contributed by atoms with Gasteiger partial charge in [-0.3, -0.25) is 0 Å². The molecule has 9 heavy (non-hydrogen) atoms. The molecular weight excluding hydrogens is 196 g/mol. The van der Waals surface area contributed by atoms with Crippen LogP contribution in [0.1, 0.15) is 6.92 Å². The van der Waals surface area contributed by atoms with Gasteiger partial charge in [-0.2, -0.15) is 0 Å². The second-order valence-electron chi connectivity index (χ2n) is 1.51. The molecule has 3 N–H and O–H groups in total. The Kier molecular flexibility index (Phi) is 9.45. The average molecular weight is 207 g/mol. The van der Waals surface area contributed by atoms with Gasteiger partial charge in [-0.1, -0.05) is 0 Å². The van der Waals surface area contributed by atoms with E-state index in [0.29, 0.717) is 0 Å². The van der Waals surface area contributed by atoms with Crippen molar-refractivity contribution < 1.29 is 36.4 Å². The molecular formula is C3H11O4PZn. The van der Waals surface area contributed by atoms with E-state index in [1.54, 1.807) is 0 Å². The molecule has 6 heteroatoms. The number of rotatable bonds is 1. The molecule has 0 aliphatic rings. The van der Waals surface area contributed by atoms with Gasteiger partial charge in [0.05, 0.1) is 0 Å². The van der Waals surface area contributed by atoms with Crippen molar-refractivity contribution >= 4 is 7.82 Å². The second kappa shape index (κ2) is 6.85. The van der Waals surface area contributed by atoms with Crippen LogP contribution in [-0.2, 0) is 21.7 Å². The Morgan fingerprint density at radius 2 is 1.56 bits per heavy atom. The smallest absolute Gasteiger partial charge is 0.303 e. The van der Waals surface area contributed by atoms with E-state index in [1.807, 2.05) is 0 Å². The van der Waals surface area contributed by atoms with Gasteiger partial charge >= 0.3 is 42.4 Å². The van der Waals surface area contributed by atoms with Crippen LogP contribution in [0.15, 0.2) is 0 Å². The molecule has 0 unspecified atom stereocenters. The van der Waals surface area contributed by atoms with Crippen LogP contribution in [0.5, 0.6) is 0 Å². The Balaban J connectivity index is 0. The van der Waals surface area contributed by atoms with Gasteiger partial charge in [0.15, 0.2) is 0 Å². The zero-order valence-electron chi connectivity index (χ0n) is 5.61. The molecule has 0 saturated heterocycles. The van der Waals surface area contributed by atoms with Crippen LogP contribution >= 0.6 is 7.82 Å². The zero-order chi connectivity index (χ0) is 7.91. The van der Waals surface area contributed by atoms with Gasteiger partial charge < -0.3 is 14.7 Å². The van der Waals surface area contributed by atoms with E-state index in [1.165, 1.54) is 5.02 Å². The van der Waals surface area contributed by atoms with Crippen LogP contribution in [0.2, 0.25) is 10.5 Å². The first kappa shape index (κ1) is 12.4. The van der Waals surface area contributed by atoms with Crippen molar-refractivity contribution in [3.63, 3.8) is 0 Å². The van der Waals surface area contributed by atoms with Crippen molar-refractivity contribution in [2.45, 2.75) is 17.5 Å². The molecule has 54 valence electrons. The minimum Gasteiger partial charge on any atom is -0.303 e. The third-order valence-corrected chi connectivity index (χ3v) is 2.60. The van der Waals surface area contributed by atoms with Gasteiger partial charge in [-0.25, -0.2) is 4.57 Å². The molecule has 0 bridgehead atoms. The van der Waals surface area contributed by atoms with Crippen LogP contribution in [0.4, 0.5) is 0 Å². The monoisotopic (exact) mass is 206 g/mol. The maximum absolute atomic E-state index is 8.88. The minimum absolute atomic E-state index is 0.111. The van der Waals surface area contributed by atoms with Gasteiger partial charge in [0.25, 0.3) is 0 Å². The van der Waals surface area contributed by atoms with Gasteiger partial charge in [0, 0.05) is 0 Å². The quantitative estimate of drug-likeness (QED) is 0.435. The standard InChI is InChI=1S/C2H5.CH3.H3O4P.Zn/c1-2;;1-5(2,3)4;/h1H2,2H3;1H3;(H3,1,2,3,4);. The van der Waals surface area contributed by atoms with Gasteiger partial charge in [-0.05, 0) is 0 Å². The van der Waals surface area contributed by atoms with E-state index in [-0.39, 0.29) is 17.1 Å². The van der Waals surface area contributed by atoms with E-state index >= 15 is 0 Å². The first-order valence-corrected chi connectivity index (χ1v) is 9.33. The number of hydrogen-bond acceptors (Lipinski definition) is 1.